The number of carbonyl (C=O) groups is 1. The molecular weight excluding hydrogens is 446 g/mol. The van der Waals surface area contributed by atoms with Crippen LogP contribution in [0, 0.1) is 0 Å². The Hall–Kier alpha value is -3.49. The van der Waals surface area contributed by atoms with Crippen LogP contribution in [0.3, 0.4) is 0 Å². The van der Waals surface area contributed by atoms with Gasteiger partial charge in [-0.05, 0) is 49.4 Å². The van der Waals surface area contributed by atoms with Crippen molar-refractivity contribution >= 4 is 55.8 Å². The van der Waals surface area contributed by atoms with Crippen LogP contribution in [-0.2, 0) is 4.74 Å². The molecule has 0 aliphatic carbocycles. The summed E-state index contributed by atoms with van der Waals surface area (Å²) in [6.07, 6.45) is 1.77. The summed E-state index contributed by atoms with van der Waals surface area (Å²) in [5.41, 5.74) is 4.52. The van der Waals surface area contributed by atoms with Crippen molar-refractivity contribution in [3.8, 4) is 11.3 Å². The van der Waals surface area contributed by atoms with E-state index in [-0.39, 0.29) is 11.9 Å². The molecule has 0 radical (unpaired) electrons. The van der Waals surface area contributed by atoms with E-state index in [4.69, 9.17) is 14.7 Å². The summed E-state index contributed by atoms with van der Waals surface area (Å²) in [7, 11) is 0. The molecule has 0 bridgehead atoms. The van der Waals surface area contributed by atoms with Gasteiger partial charge < -0.3 is 20.3 Å². The van der Waals surface area contributed by atoms with Gasteiger partial charge in [0, 0.05) is 46.7 Å². The highest BCUT2D eigenvalue weighted by atomic mass is 32.1. The quantitative estimate of drug-likeness (QED) is 0.457. The molecule has 0 saturated carbocycles. The molecule has 4 aromatic rings. The Balaban J connectivity index is 1.47. The van der Waals surface area contributed by atoms with Gasteiger partial charge in [0.15, 0.2) is 0 Å². The number of ether oxygens (including phenoxy) is 1. The Morgan fingerprint density at radius 3 is 2.85 bits per heavy atom. The van der Waals surface area contributed by atoms with E-state index in [2.05, 4.69) is 46.4 Å². The lowest BCUT2D eigenvalue weighted by Gasteiger charge is -2.28. The Kier molecular flexibility index (Phi) is 5.19. The zero-order chi connectivity index (χ0) is 23.2. The zero-order valence-electron chi connectivity index (χ0n) is 18.9. The molecule has 8 heteroatoms. The minimum atomic E-state index is -0.0178. The largest absolute Gasteiger partial charge is 0.381 e. The number of amides is 1. The van der Waals surface area contributed by atoms with E-state index in [1.807, 2.05) is 19.1 Å². The second-order valence-corrected chi connectivity index (χ2v) is 9.76. The van der Waals surface area contributed by atoms with Crippen molar-refractivity contribution in [2.24, 2.45) is 0 Å². The molecule has 1 fully saturated rings. The molecule has 5 heterocycles. The van der Waals surface area contributed by atoms with Crippen LogP contribution in [-0.4, -0.2) is 54.8 Å². The molecule has 1 saturated heterocycles. The summed E-state index contributed by atoms with van der Waals surface area (Å²) in [4.78, 5) is 25.4. The Morgan fingerprint density at radius 2 is 2.03 bits per heavy atom. The fourth-order valence-corrected chi connectivity index (χ4v) is 5.73. The van der Waals surface area contributed by atoms with Gasteiger partial charge in [0.05, 0.1) is 35.8 Å². The summed E-state index contributed by atoms with van der Waals surface area (Å²) in [6.45, 7) is 9.67. The number of nitrogens with zero attached hydrogens (tertiary/aromatic N) is 3. The lowest BCUT2D eigenvalue weighted by Crippen LogP contribution is -2.36. The van der Waals surface area contributed by atoms with Gasteiger partial charge in [0.25, 0.3) is 5.91 Å². The van der Waals surface area contributed by atoms with E-state index < -0.39 is 0 Å². The summed E-state index contributed by atoms with van der Waals surface area (Å²) >= 11 is 1.52. The number of hydrogen-bond acceptors (Lipinski definition) is 7. The lowest BCUT2D eigenvalue weighted by molar-refractivity contribution is 0.0949. The molecule has 1 amide bonds. The van der Waals surface area contributed by atoms with E-state index in [1.54, 1.807) is 6.08 Å². The summed E-state index contributed by atoms with van der Waals surface area (Å²) < 4.78 is 6.58. The maximum atomic E-state index is 12.7. The van der Waals surface area contributed by atoms with Crippen molar-refractivity contribution in [3.63, 3.8) is 0 Å². The van der Waals surface area contributed by atoms with Crippen LogP contribution in [0.4, 0.5) is 11.5 Å². The van der Waals surface area contributed by atoms with Crippen LogP contribution in [0.25, 0.3) is 38.3 Å². The maximum Gasteiger partial charge on any atom is 0.263 e. The predicted molar refractivity (Wildman–Crippen MR) is 139 cm³/mol. The van der Waals surface area contributed by atoms with Crippen LogP contribution >= 0.6 is 11.3 Å². The molecule has 1 atom stereocenters. The van der Waals surface area contributed by atoms with E-state index in [1.165, 1.54) is 11.3 Å². The minimum absolute atomic E-state index is 0.0178. The first kappa shape index (κ1) is 21.1. The molecule has 3 aromatic heterocycles. The van der Waals surface area contributed by atoms with Gasteiger partial charge in [-0.2, -0.15) is 0 Å². The molecule has 172 valence electrons. The number of morpholine rings is 1. The molecule has 2 aliphatic heterocycles. The van der Waals surface area contributed by atoms with Gasteiger partial charge in [-0.15, -0.1) is 11.3 Å². The van der Waals surface area contributed by atoms with E-state index in [9.17, 15) is 4.79 Å². The number of aromatic nitrogens is 2. The molecule has 0 spiro atoms. The van der Waals surface area contributed by atoms with Crippen LogP contribution in [0.1, 0.15) is 22.3 Å². The molecule has 2 aliphatic rings. The number of hydrogen-bond donors (Lipinski definition) is 2. The third-order valence-electron chi connectivity index (χ3n) is 6.36. The maximum absolute atomic E-state index is 12.7. The lowest BCUT2D eigenvalue weighted by atomic mass is 10.1. The van der Waals surface area contributed by atoms with Crippen molar-refractivity contribution in [1.29, 1.82) is 0 Å². The number of rotatable bonds is 3. The molecule has 2 N–H and O–H groups in total. The van der Waals surface area contributed by atoms with Crippen molar-refractivity contribution < 1.29 is 9.53 Å². The number of thiophene rings is 1. The highest BCUT2D eigenvalue weighted by molar-refractivity contribution is 7.21. The normalized spacial score (nSPS) is 18.3. The number of nitrogens with one attached hydrogen (secondary N) is 2. The first-order valence-electron chi connectivity index (χ1n) is 11.5. The molecule has 7 nitrogen and oxygen atoms in total. The standard InChI is InChI=1S/C26H25N5O2S/c1-3-17-12-16(13-22(29-17)31-8-10-33-11-9-31)19-5-4-18-20(30-19)6-7-21-23(18)24-25(34-21)26(32)28-15(2)14-27-24/h3-7,12-13,15,27H,1,8-11,14H2,2H3,(H,28,32)/t15-/m1/s1. The molecule has 34 heavy (non-hydrogen) atoms. The fourth-order valence-electron chi connectivity index (χ4n) is 4.63. The van der Waals surface area contributed by atoms with Crippen LogP contribution in [0.5, 0.6) is 0 Å². The second kappa shape index (κ2) is 8.38. The highest BCUT2D eigenvalue weighted by Crippen LogP contribution is 2.41. The van der Waals surface area contributed by atoms with Gasteiger partial charge >= 0.3 is 0 Å². The van der Waals surface area contributed by atoms with Crippen LogP contribution in [0.2, 0.25) is 0 Å². The predicted octanol–water partition coefficient (Wildman–Crippen LogP) is 4.53. The van der Waals surface area contributed by atoms with E-state index in [0.717, 1.165) is 67.4 Å². The number of anilines is 2. The number of carbonyl (C=O) groups excluding carboxylic acids is 1. The second-order valence-electron chi connectivity index (χ2n) is 8.71. The average Bonchev–Trinajstić information content (AvgIpc) is 3.20. The molecule has 6 rings (SSSR count). The number of fused-ring (bicyclic) bond motifs is 5. The molecule has 1 aromatic carbocycles. The monoisotopic (exact) mass is 471 g/mol. The third-order valence-corrected chi connectivity index (χ3v) is 7.52. The van der Waals surface area contributed by atoms with Gasteiger partial charge in [-0.25, -0.2) is 9.97 Å². The van der Waals surface area contributed by atoms with E-state index in [0.29, 0.717) is 19.8 Å². The van der Waals surface area contributed by atoms with E-state index >= 15 is 0 Å². The molecule has 0 unspecified atom stereocenters. The van der Waals surface area contributed by atoms with Crippen LogP contribution < -0.4 is 15.5 Å². The first-order valence-corrected chi connectivity index (χ1v) is 12.3. The summed E-state index contributed by atoms with van der Waals surface area (Å²) in [6, 6.07) is 12.5. The minimum Gasteiger partial charge on any atom is -0.381 e. The van der Waals surface area contributed by atoms with Crippen molar-refractivity contribution in [1.82, 2.24) is 15.3 Å². The van der Waals surface area contributed by atoms with Gasteiger partial charge in [-0.3, -0.25) is 4.79 Å². The zero-order valence-corrected chi connectivity index (χ0v) is 19.7. The summed E-state index contributed by atoms with van der Waals surface area (Å²) in [5, 5.41) is 8.65. The SMILES string of the molecule is C=Cc1cc(-c2ccc3c(ccc4sc5c(c43)NC[C@@H](C)NC5=O)n2)cc(N2CCOCC2)n1. The smallest absolute Gasteiger partial charge is 0.263 e. The van der Waals surface area contributed by atoms with Gasteiger partial charge in [-0.1, -0.05) is 6.58 Å². The Bertz CT molecular complexity index is 1440. The first-order chi connectivity index (χ1) is 16.6. The van der Waals surface area contributed by atoms with Gasteiger partial charge in [0.1, 0.15) is 10.7 Å². The number of pyridine rings is 2. The van der Waals surface area contributed by atoms with Crippen molar-refractivity contribution in [2.45, 2.75) is 13.0 Å². The Labute approximate surface area is 201 Å². The molecular formula is C26H25N5O2S. The Morgan fingerprint density at radius 1 is 1.18 bits per heavy atom. The highest BCUT2D eigenvalue weighted by Gasteiger charge is 2.25. The van der Waals surface area contributed by atoms with Crippen LogP contribution in [0.15, 0.2) is 43.0 Å². The third kappa shape index (κ3) is 3.59. The summed E-state index contributed by atoms with van der Waals surface area (Å²) in [5.74, 6) is 0.899. The topological polar surface area (TPSA) is 79.4 Å². The number of benzene rings is 1. The fraction of sp³-hybridized carbons (Fsp3) is 0.269. The van der Waals surface area contributed by atoms with Crippen molar-refractivity contribution in [3.05, 3.63) is 53.5 Å². The average molecular weight is 472 g/mol. The van der Waals surface area contributed by atoms with Crippen molar-refractivity contribution in [2.75, 3.05) is 43.1 Å². The van der Waals surface area contributed by atoms with Gasteiger partial charge in [0.2, 0.25) is 0 Å².